The number of nitrogens with zero attached hydrogens (tertiary/aromatic N) is 4. The van der Waals surface area contributed by atoms with Crippen molar-refractivity contribution in [3.8, 4) is 17.1 Å². The van der Waals surface area contributed by atoms with Gasteiger partial charge in [0.25, 0.3) is 0 Å². The third kappa shape index (κ3) is 2.84. The van der Waals surface area contributed by atoms with Gasteiger partial charge in [-0.05, 0) is 40.8 Å². The van der Waals surface area contributed by atoms with Crippen molar-refractivity contribution in [3.05, 3.63) is 18.2 Å². The average Bonchev–Trinajstić information content (AvgIpc) is 3.07. The minimum atomic E-state index is 0.286. The fourth-order valence-electron chi connectivity index (χ4n) is 3.14. The molecule has 6 heteroatoms. The number of methoxy groups -OCH3 is 1. The molecule has 1 aliphatic carbocycles. The van der Waals surface area contributed by atoms with E-state index in [1.165, 1.54) is 25.7 Å². The Hall–Kier alpha value is -2.11. The number of nitrogen functional groups attached to an aromatic ring is 1. The van der Waals surface area contributed by atoms with E-state index in [0.29, 0.717) is 11.4 Å². The summed E-state index contributed by atoms with van der Waals surface area (Å²) in [7, 11) is 1.63. The van der Waals surface area contributed by atoms with Crippen LogP contribution in [0.15, 0.2) is 18.2 Å². The van der Waals surface area contributed by atoms with Crippen molar-refractivity contribution < 1.29 is 4.74 Å². The maximum Gasteiger partial charge on any atom is 0.182 e. The van der Waals surface area contributed by atoms with E-state index in [1.54, 1.807) is 13.2 Å². The molecule has 2 N–H and O–H groups in total. The number of hydrogen-bond acceptors (Lipinski definition) is 5. The Kier molecular flexibility index (Phi) is 3.53. The molecule has 1 saturated carbocycles. The molecule has 1 heterocycles. The topological polar surface area (TPSA) is 78.8 Å². The monoisotopic (exact) mass is 287 g/mol. The zero-order valence-electron chi connectivity index (χ0n) is 12.5. The molecule has 2 aromatic rings. The standard InChI is InChI=1S/C15H21N5O/c1-15(5-3-4-6-15)10-20-14(17-18-19-20)11-7-12(16)9-13(8-11)21-2/h7-9H,3-6,10,16H2,1-2H3. The van der Waals surface area contributed by atoms with E-state index in [-0.39, 0.29) is 5.41 Å². The third-order valence-corrected chi connectivity index (χ3v) is 4.30. The first-order valence-corrected chi connectivity index (χ1v) is 7.31. The fraction of sp³-hybridized carbons (Fsp3) is 0.533. The first kappa shape index (κ1) is 13.9. The van der Waals surface area contributed by atoms with Crippen LogP contribution in [0, 0.1) is 5.41 Å². The van der Waals surface area contributed by atoms with Gasteiger partial charge in [0.05, 0.1) is 13.7 Å². The molecule has 0 radical (unpaired) electrons. The van der Waals surface area contributed by atoms with Gasteiger partial charge in [-0.1, -0.05) is 19.8 Å². The van der Waals surface area contributed by atoms with Crippen molar-refractivity contribution in [2.24, 2.45) is 5.41 Å². The fourth-order valence-corrected chi connectivity index (χ4v) is 3.14. The van der Waals surface area contributed by atoms with E-state index in [4.69, 9.17) is 10.5 Å². The molecule has 112 valence electrons. The predicted octanol–water partition coefficient (Wildman–Crippen LogP) is 2.51. The van der Waals surface area contributed by atoms with Gasteiger partial charge in [0.2, 0.25) is 0 Å². The van der Waals surface area contributed by atoms with Gasteiger partial charge in [-0.2, -0.15) is 0 Å². The first-order chi connectivity index (χ1) is 10.1. The number of anilines is 1. The normalized spacial score (nSPS) is 17.0. The number of benzene rings is 1. The number of ether oxygens (including phenoxy) is 1. The summed E-state index contributed by atoms with van der Waals surface area (Å²) in [6.45, 7) is 3.15. The zero-order chi connectivity index (χ0) is 14.9. The van der Waals surface area contributed by atoms with Gasteiger partial charge < -0.3 is 10.5 Å². The van der Waals surface area contributed by atoms with Crippen molar-refractivity contribution in [3.63, 3.8) is 0 Å². The summed E-state index contributed by atoms with van der Waals surface area (Å²) in [6, 6.07) is 5.58. The molecule has 0 aliphatic heterocycles. The quantitative estimate of drug-likeness (QED) is 0.874. The molecule has 0 bridgehead atoms. The van der Waals surface area contributed by atoms with Crippen LogP contribution >= 0.6 is 0 Å². The molecule has 1 fully saturated rings. The lowest BCUT2D eigenvalue weighted by atomic mass is 9.89. The molecule has 1 aromatic carbocycles. The van der Waals surface area contributed by atoms with Crippen LogP contribution in [-0.2, 0) is 6.54 Å². The Bertz CT molecular complexity index is 631. The molecule has 21 heavy (non-hydrogen) atoms. The van der Waals surface area contributed by atoms with Gasteiger partial charge in [0.15, 0.2) is 5.82 Å². The summed E-state index contributed by atoms with van der Waals surface area (Å²) >= 11 is 0. The van der Waals surface area contributed by atoms with Crippen LogP contribution in [0.25, 0.3) is 11.4 Å². The van der Waals surface area contributed by atoms with Crippen LogP contribution in [0.2, 0.25) is 0 Å². The zero-order valence-corrected chi connectivity index (χ0v) is 12.5. The second-order valence-electron chi connectivity index (χ2n) is 6.17. The minimum absolute atomic E-state index is 0.286. The number of aromatic nitrogens is 4. The Morgan fingerprint density at radius 1 is 1.29 bits per heavy atom. The Morgan fingerprint density at radius 2 is 2.05 bits per heavy atom. The molecule has 0 unspecified atom stereocenters. The van der Waals surface area contributed by atoms with Crippen LogP contribution in [0.1, 0.15) is 32.6 Å². The van der Waals surface area contributed by atoms with E-state index < -0.39 is 0 Å². The molecule has 1 aromatic heterocycles. The van der Waals surface area contributed by atoms with Gasteiger partial charge in [0.1, 0.15) is 5.75 Å². The summed E-state index contributed by atoms with van der Waals surface area (Å²) in [6.07, 6.45) is 5.04. The largest absolute Gasteiger partial charge is 0.497 e. The van der Waals surface area contributed by atoms with E-state index in [9.17, 15) is 0 Å². The Labute approximate surface area is 124 Å². The summed E-state index contributed by atoms with van der Waals surface area (Å²) < 4.78 is 7.16. The minimum Gasteiger partial charge on any atom is -0.497 e. The van der Waals surface area contributed by atoms with E-state index in [1.807, 2.05) is 16.8 Å². The van der Waals surface area contributed by atoms with Crippen molar-refractivity contribution in [2.45, 2.75) is 39.2 Å². The van der Waals surface area contributed by atoms with E-state index in [0.717, 1.165) is 17.9 Å². The van der Waals surface area contributed by atoms with Crippen LogP contribution in [-0.4, -0.2) is 27.3 Å². The number of hydrogen-bond donors (Lipinski definition) is 1. The van der Waals surface area contributed by atoms with Crippen LogP contribution in [0.5, 0.6) is 5.75 Å². The summed E-state index contributed by atoms with van der Waals surface area (Å²) in [5.41, 5.74) is 7.74. The molecule has 3 rings (SSSR count). The second-order valence-corrected chi connectivity index (χ2v) is 6.17. The predicted molar refractivity (Wildman–Crippen MR) is 80.8 cm³/mol. The Balaban J connectivity index is 1.93. The highest BCUT2D eigenvalue weighted by atomic mass is 16.5. The molecule has 0 atom stereocenters. The van der Waals surface area contributed by atoms with Gasteiger partial charge in [-0.15, -0.1) is 5.10 Å². The Morgan fingerprint density at radius 3 is 2.76 bits per heavy atom. The molecular formula is C15H21N5O. The lowest BCUT2D eigenvalue weighted by Gasteiger charge is -2.23. The van der Waals surface area contributed by atoms with Crippen LogP contribution < -0.4 is 10.5 Å². The van der Waals surface area contributed by atoms with Crippen molar-refractivity contribution in [1.82, 2.24) is 20.2 Å². The second kappa shape index (κ2) is 5.35. The van der Waals surface area contributed by atoms with E-state index >= 15 is 0 Å². The summed E-state index contributed by atoms with van der Waals surface area (Å²) in [4.78, 5) is 0. The smallest absolute Gasteiger partial charge is 0.182 e. The molecule has 6 nitrogen and oxygen atoms in total. The highest BCUT2D eigenvalue weighted by molar-refractivity contribution is 5.64. The van der Waals surface area contributed by atoms with Crippen LogP contribution in [0.3, 0.4) is 0 Å². The van der Waals surface area contributed by atoms with Crippen LogP contribution in [0.4, 0.5) is 5.69 Å². The maximum absolute atomic E-state index is 5.92. The molecule has 0 spiro atoms. The average molecular weight is 287 g/mol. The molecule has 0 saturated heterocycles. The molecular weight excluding hydrogens is 266 g/mol. The molecule has 1 aliphatic rings. The number of rotatable bonds is 4. The van der Waals surface area contributed by atoms with Crippen molar-refractivity contribution in [2.75, 3.05) is 12.8 Å². The van der Waals surface area contributed by atoms with E-state index in [2.05, 4.69) is 22.4 Å². The van der Waals surface area contributed by atoms with Gasteiger partial charge in [0, 0.05) is 17.3 Å². The summed E-state index contributed by atoms with van der Waals surface area (Å²) in [5, 5.41) is 12.2. The lowest BCUT2D eigenvalue weighted by molar-refractivity contribution is 0.267. The van der Waals surface area contributed by atoms with Crippen molar-refractivity contribution >= 4 is 5.69 Å². The SMILES string of the molecule is COc1cc(N)cc(-c2nnnn2CC2(C)CCCC2)c1. The van der Waals surface area contributed by atoms with Gasteiger partial charge >= 0.3 is 0 Å². The highest BCUT2D eigenvalue weighted by Gasteiger charge is 2.30. The number of nitrogens with two attached hydrogens (primary N) is 1. The number of tetrazole rings is 1. The van der Waals surface area contributed by atoms with Crippen molar-refractivity contribution in [1.29, 1.82) is 0 Å². The summed E-state index contributed by atoms with van der Waals surface area (Å²) in [5.74, 6) is 1.46. The molecule has 0 amide bonds. The van der Waals surface area contributed by atoms with Gasteiger partial charge in [-0.3, -0.25) is 0 Å². The first-order valence-electron chi connectivity index (χ1n) is 7.31. The highest BCUT2D eigenvalue weighted by Crippen LogP contribution is 2.39. The maximum atomic E-state index is 5.92. The lowest BCUT2D eigenvalue weighted by Crippen LogP contribution is -2.21. The third-order valence-electron chi connectivity index (χ3n) is 4.30. The van der Waals surface area contributed by atoms with Gasteiger partial charge in [-0.25, -0.2) is 4.68 Å².